The highest BCUT2D eigenvalue weighted by Crippen LogP contribution is 2.23. The molecule has 1 aromatic rings. The maximum Gasteiger partial charge on any atom is 0.412 e. The maximum atomic E-state index is 12.4. The van der Waals surface area contributed by atoms with Crippen LogP contribution in [-0.4, -0.2) is 56.6 Å². The number of nitrogens with zero attached hydrogens (tertiary/aromatic N) is 1. The van der Waals surface area contributed by atoms with E-state index in [-0.39, 0.29) is 18.5 Å². The predicted octanol–water partition coefficient (Wildman–Crippen LogP) is 4.58. The van der Waals surface area contributed by atoms with Crippen LogP contribution in [0.25, 0.3) is 0 Å². The first-order valence-corrected chi connectivity index (χ1v) is 9.64. The minimum atomic E-state index is -0.492. The zero-order valence-electron chi connectivity index (χ0n) is 17.0. The minimum Gasteiger partial charge on any atom is -0.492 e. The number of anilines is 1. The van der Waals surface area contributed by atoms with Crippen molar-refractivity contribution in [1.82, 2.24) is 4.90 Å². The summed E-state index contributed by atoms with van der Waals surface area (Å²) < 4.78 is 16.8. The van der Waals surface area contributed by atoms with Crippen molar-refractivity contribution in [3.8, 4) is 5.75 Å². The Morgan fingerprint density at radius 1 is 1.15 bits per heavy atom. The minimum absolute atomic E-state index is 0. The molecule has 0 aromatic heterocycles. The molecule has 0 spiro atoms. The number of benzene rings is 1. The number of amides is 1. The number of carbonyl (C=O) groups is 1. The Morgan fingerprint density at radius 2 is 1.85 bits per heavy atom. The Balaban J connectivity index is 0.00000676. The second kappa shape index (κ2) is 15.5. The van der Waals surface area contributed by atoms with Gasteiger partial charge in [-0.25, -0.2) is 4.79 Å². The molecule has 1 atom stereocenters. The van der Waals surface area contributed by atoms with Gasteiger partial charge in [-0.15, -0.1) is 12.4 Å². The molecule has 0 bridgehead atoms. The van der Waals surface area contributed by atoms with Gasteiger partial charge in [0.05, 0.1) is 18.9 Å². The molecule has 0 aliphatic rings. The average molecular weight is 403 g/mol. The molecule has 0 heterocycles. The number of hydrogen-bond acceptors (Lipinski definition) is 5. The van der Waals surface area contributed by atoms with Crippen LogP contribution in [0.5, 0.6) is 5.75 Å². The number of unbranched alkanes of at least 4 members (excludes halogenated alkanes) is 1. The number of halogens is 1. The van der Waals surface area contributed by atoms with Crippen LogP contribution in [-0.2, 0) is 9.47 Å². The molecule has 0 saturated carbocycles. The third-order valence-electron chi connectivity index (χ3n) is 4.00. The van der Waals surface area contributed by atoms with Gasteiger partial charge in [0, 0.05) is 13.2 Å². The molecule has 7 heteroatoms. The van der Waals surface area contributed by atoms with Crippen LogP contribution in [0, 0.1) is 0 Å². The molecule has 0 aliphatic carbocycles. The maximum absolute atomic E-state index is 12.4. The summed E-state index contributed by atoms with van der Waals surface area (Å²) in [5, 5.41) is 2.78. The number of likely N-dealkylation sites (N-methyl/N-ethyl adjacent to an activating group) is 1. The summed E-state index contributed by atoms with van der Waals surface area (Å²) in [6.45, 7) is 12.3. The summed E-state index contributed by atoms with van der Waals surface area (Å²) in [4.78, 5) is 14.6. The van der Waals surface area contributed by atoms with E-state index in [0.29, 0.717) is 37.8 Å². The van der Waals surface area contributed by atoms with Gasteiger partial charge in [0.1, 0.15) is 11.9 Å². The number of rotatable bonds is 13. The van der Waals surface area contributed by atoms with Gasteiger partial charge in [0.2, 0.25) is 0 Å². The highest BCUT2D eigenvalue weighted by Gasteiger charge is 2.18. The SMILES string of the molecule is CCCCOCC(CN(CC)CC)OC(=O)Nc1ccccc1OCC.Cl. The van der Waals surface area contributed by atoms with Crippen molar-refractivity contribution >= 4 is 24.2 Å². The van der Waals surface area contributed by atoms with E-state index < -0.39 is 6.09 Å². The van der Waals surface area contributed by atoms with Crippen LogP contribution in [0.1, 0.15) is 40.5 Å². The summed E-state index contributed by atoms with van der Waals surface area (Å²) >= 11 is 0. The number of hydrogen-bond donors (Lipinski definition) is 1. The Hall–Kier alpha value is -1.50. The van der Waals surface area contributed by atoms with Gasteiger partial charge in [0.25, 0.3) is 0 Å². The standard InChI is InChI=1S/C20H34N2O4.ClH/c1-5-9-14-24-16-17(15-22(6-2)7-3)26-20(23)21-18-12-10-11-13-19(18)25-8-4;/h10-13,17H,5-9,14-16H2,1-4H3,(H,21,23);1H. The van der Waals surface area contributed by atoms with Gasteiger partial charge < -0.3 is 19.1 Å². The van der Waals surface area contributed by atoms with E-state index in [9.17, 15) is 4.79 Å². The van der Waals surface area contributed by atoms with Crippen LogP contribution >= 0.6 is 12.4 Å². The van der Waals surface area contributed by atoms with E-state index in [0.717, 1.165) is 25.9 Å². The quantitative estimate of drug-likeness (QED) is 0.489. The van der Waals surface area contributed by atoms with Crippen LogP contribution in [0.2, 0.25) is 0 Å². The van der Waals surface area contributed by atoms with E-state index in [2.05, 4.69) is 31.0 Å². The Kier molecular flexibility index (Phi) is 14.7. The Bertz CT molecular complexity index is 513. The first-order valence-electron chi connectivity index (χ1n) is 9.64. The molecular formula is C20H35ClN2O4. The number of nitrogens with one attached hydrogen (secondary N) is 1. The van der Waals surface area contributed by atoms with Gasteiger partial charge in [-0.05, 0) is 38.6 Å². The molecule has 1 unspecified atom stereocenters. The number of para-hydroxylation sites is 2. The lowest BCUT2D eigenvalue weighted by Crippen LogP contribution is -2.38. The molecule has 0 saturated heterocycles. The molecule has 1 N–H and O–H groups in total. The number of carbonyl (C=O) groups excluding carboxylic acids is 1. The Morgan fingerprint density at radius 3 is 2.48 bits per heavy atom. The lowest BCUT2D eigenvalue weighted by Gasteiger charge is -2.25. The smallest absolute Gasteiger partial charge is 0.412 e. The van der Waals surface area contributed by atoms with Gasteiger partial charge in [-0.3, -0.25) is 5.32 Å². The topological polar surface area (TPSA) is 60.0 Å². The second-order valence-electron chi connectivity index (χ2n) is 6.00. The fraction of sp³-hybridized carbons (Fsp3) is 0.650. The molecular weight excluding hydrogens is 368 g/mol. The summed E-state index contributed by atoms with van der Waals surface area (Å²) in [7, 11) is 0. The molecule has 0 fully saturated rings. The van der Waals surface area contributed by atoms with Crippen molar-refractivity contribution in [3.63, 3.8) is 0 Å². The summed E-state index contributed by atoms with van der Waals surface area (Å²) in [5.74, 6) is 0.631. The van der Waals surface area contributed by atoms with Gasteiger partial charge in [0.15, 0.2) is 0 Å². The zero-order valence-corrected chi connectivity index (χ0v) is 17.8. The van der Waals surface area contributed by atoms with Crippen LogP contribution < -0.4 is 10.1 Å². The first kappa shape index (κ1) is 25.5. The highest BCUT2D eigenvalue weighted by atomic mass is 35.5. The molecule has 6 nitrogen and oxygen atoms in total. The monoisotopic (exact) mass is 402 g/mol. The van der Waals surface area contributed by atoms with Crippen LogP contribution in [0.3, 0.4) is 0 Å². The second-order valence-corrected chi connectivity index (χ2v) is 6.00. The molecule has 27 heavy (non-hydrogen) atoms. The molecule has 156 valence electrons. The molecule has 0 radical (unpaired) electrons. The van der Waals surface area contributed by atoms with Crippen LogP contribution in [0.15, 0.2) is 24.3 Å². The van der Waals surface area contributed by atoms with Crippen LogP contribution in [0.4, 0.5) is 10.5 Å². The fourth-order valence-corrected chi connectivity index (χ4v) is 2.50. The van der Waals surface area contributed by atoms with E-state index in [4.69, 9.17) is 14.2 Å². The number of ether oxygens (including phenoxy) is 3. The van der Waals surface area contributed by atoms with Crippen molar-refractivity contribution in [2.75, 3.05) is 44.8 Å². The summed E-state index contributed by atoms with van der Waals surface area (Å²) in [6.07, 6.45) is 1.28. The molecule has 1 aromatic carbocycles. The molecule has 0 aliphatic heterocycles. The van der Waals surface area contributed by atoms with Crippen molar-refractivity contribution in [2.45, 2.75) is 46.6 Å². The lowest BCUT2D eigenvalue weighted by atomic mass is 10.3. The normalized spacial score (nSPS) is 11.6. The predicted molar refractivity (Wildman–Crippen MR) is 112 cm³/mol. The lowest BCUT2D eigenvalue weighted by molar-refractivity contribution is 0.00804. The van der Waals surface area contributed by atoms with E-state index in [1.54, 1.807) is 6.07 Å². The fourth-order valence-electron chi connectivity index (χ4n) is 2.50. The van der Waals surface area contributed by atoms with E-state index >= 15 is 0 Å². The molecule has 1 amide bonds. The third-order valence-corrected chi connectivity index (χ3v) is 4.00. The largest absolute Gasteiger partial charge is 0.492 e. The van der Waals surface area contributed by atoms with Crippen molar-refractivity contribution in [1.29, 1.82) is 0 Å². The summed E-state index contributed by atoms with van der Waals surface area (Å²) in [6, 6.07) is 7.33. The van der Waals surface area contributed by atoms with E-state index in [1.165, 1.54) is 0 Å². The Labute approximate surface area is 170 Å². The zero-order chi connectivity index (χ0) is 19.2. The van der Waals surface area contributed by atoms with Gasteiger partial charge in [-0.1, -0.05) is 39.3 Å². The van der Waals surface area contributed by atoms with Gasteiger partial charge in [-0.2, -0.15) is 0 Å². The van der Waals surface area contributed by atoms with Crippen molar-refractivity contribution < 1.29 is 19.0 Å². The highest BCUT2D eigenvalue weighted by molar-refractivity contribution is 5.86. The average Bonchev–Trinajstić information content (AvgIpc) is 2.64. The van der Waals surface area contributed by atoms with Crippen molar-refractivity contribution in [3.05, 3.63) is 24.3 Å². The first-order chi connectivity index (χ1) is 12.6. The third kappa shape index (κ3) is 10.4. The molecule has 1 rings (SSSR count). The van der Waals surface area contributed by atoms with Crippen molar-refractivity contribution in [2.24, 2.45) is 0 Å². The van der Waals surface area contributed by atoms with E-state index in [1.807, 2.05) is 25.1 Å². The summed E-state index contributed by atoms with van der Waals surface area (Å²) in [5.41, 5.74) is 0.604. The van der Waals surface area contributed by atoms with Gasteiger partial charge >= 0.3 is 6.09 Å².